The molecule has 0 bridgehead atoms. The van der Waals surface area contributed by atoms with Crippen LogP contribution in [0.2, 0.25) is 0 Å². The number of carbonyl (C=O) groups is 2. The van der Waals surface area contributed by atoms with E-state index in [1.54, 1.807) is 0 Å². The summed E-state index contributed by atoms with van der Waals surface area (Å²) in [5.74, 6) is -0.664. The molecule has 1 atom stereocenters. The molecule has 218 valence electrons. The number of aliphatic carboxylic acids is 1. The highest BCUT2D eigenvalue weighted by Gasteiger charge is 2.14. The van der Waals surface area contributed by atoms with Gasteiger partial charge in [0.15, 0.2) is 0 Å². The average molecular weight is 523 g/mol. The predicted molar refractivity (Wildman–Crippen MR) is 158 cm³/mol. The van der Waals surface area contributed by atoms with Crippen molar-refractivity contribution in [3.8, 4) is 0 Å². The summed E-state index contributed by atoms with van der Waals surface area (Å²) in [4.78, 5) is 22.9. The summed E-state index contributed by atoms with van der Waals surface area (Å²) >= 11 is 0. The molecular formula is C33H62O4. The van der Waals surface area contributed by atoms with Crippen molar-refractivity contribution in [2.75, 3.05) is 0 Å². The van der Waals surface area contributed by atoms with Gasteiger partial charge in [0.2, 0.25) is 0 Å². The number of allylic oxidation sites excluding steroid dienone is 2. The summed E-state index contributed by atoms with van der Waals surface area (Å²) in [5.41, 5.74) is 0. The van der Waals surface area contributed by atoms with Crippen LogP contribution in [0.5, 0.6) is 0 Å². The van der Waals surface area contributed by atoms with Crippen LogP contribution >= 0.6 is 0 Å². The molecule has 37 heavy (non-hydrogen) atoms. The van der Waals surface area contributed by atoms with Crippen molar-refractivity contribution >= 4 is 11.9 Å². The van der Waals surface area contributed by atoms with E-state index >= 15 is 0 Å². The van der Waals surface area contributed by atoms with Crippen molar-refractivity contribution < 1.29 is 19.4 Å². The summed E-state index contributed by atoms with van der Waals surface area (Å²) in [7, 11) is 0. The molecule has 0 saturated heterocycles. The Morgan fingerprint density at radius 2 is 1.00 bits per heavy atom. The molecule has 0 radical (unpaired) electrons. The van der Waals surface area contributed by atoms with Crippen LogP contribution in [0, 0.1) is 0 Å². The van der Waals surface area contributed by atoms with Gasteiger partial charge in [-0.2, -0.15) is 0 Å². The molecule has 0 saturated carbocycles. The molecule has 0 aliphatic carbocycles. The van der Waals surface area contributed by atoms with Crippen LogP contribution in [-0.4, -0.2) is 23.1 Å². The summed E-state index contributed by atoms with van der Waals surface area (Å²) in [6, 6.07) is 0. The first kappa shape index (κ1) is 35.7. The number of esters is 1. The first-order valence-electron chi connectivity index (χ1n) is 16.2. The van der Waals surface area contributed by atoms with Gasteiger partial charge in [-0.05, 0) is 57.8 Å². The van der Waals surface area contributed by atoms with Crippen LogP contribution in [-0.2, 0) is 14.3 Å². The molecule has 0 aliphatic rings. The lowest BCUT2D eigenvalue weighted by Crippen LogP contribution is -2.18. The molecule has 0 heterocycles. The molecular weight excluding hydrogens is 460 g/mol. The maximum Gasteiger partial charge on any atom is 0.306 e. The molecule has 0 aromatic rings. The Bertz CT molecular complexity index is 528. The Morgan fingerprint density at radius 1 is 0.568 bits per heavy atom. The van der Waals surface area contributed by atoms with Crippen molar-refractivity contribution in [3.05, 3.63) is 12.2 Å². The first-order valence-corrected chi connectivity index (χ1v) is 16.2. The Kier molecular flexibility index (Phi) is 28.2. The molecule has 0 aliphatic heterocycles. The largest absolute Gasteiger partial charge is 0.481 e. The molecule has 0 spiro atoms. The van der Waals surface area contributed by atoms with Gasteiger partial charge in [0, 0.05) is 12.8 Å². The van der Waals surface area contributed by atoms with Crippen molar-refractivity contribution in [2.24, 2.45) is 0 Å². The highest BCUT2D eigenvalue weighted by atomic mass is 16.5. The number of unbranched alkanes of at least 4 members (excludes halogenated alkanes) is 18. The van der Waals surface area contributed by atoms with E-state index < -0.39 is 5.97 Å². The number of hydrogen-bond donors (Lipinski definition) is 1. The second kappa shape index (κ2) is 29.2. The fraction of sp³-hybridized carbons (Fsp3) is 0.879. The predicted octanol–water partition coefficient (Wildman–Crippen LogP) is 10.7. The monoisotopic (exact) mass is 522 g/mol. The molecule has 0 aromatic carbocycles. The van der Waals surface area contributed by atoms with Crippen LogP contribution in [0.3, 0.4) is 0 Å². The van der Waals surface area contributed by atoms with Crippen LogP contribution in [0.1, 0.15) is 181 Å². The van der Waals surface area contributed by atoms with Gasteiger partial charge < -0.3 is 9.84 Å². The van der Waals surface area contributed by atoms with Crippen LogP contribution in [0.25, 0.3) is 0 Å². The van der Waals surface area contributed by atoms with Gasteiger partial charge in [0.1, 0.15) is 6.10 Å². The van der Waals surface area contributed by atoms with Crippen molar-refractivity contribution in [3.63, 3.8) is 0 Å². The molecule has 0 amide bonds. The third kappa shape index (κ3) is 29.1. The Hall–Kier alpha value is -1.32. The second-order valence-corrected chi connectivity index (χ2v) is 11.0. The van der Waals surface area contributed by atoms with Crippen LogP contribution in [0.4, 0.5) is 0 Å². The SMILES string of the molecule is CCCC/C=C\CCCCCCCCC(=O)OC(CCCCC)CCCCCCCCCCCC(=O)O. The quantitative estimate of drug-likeness (QED) is 0.0602. The molecule has 1 unspecified atom stereocenters. The molecule has 0 fully saturated rings. The van der Waals surface area contributed by atoms with Gasteiger partial charge >= 0.3 is 11.9 Å². The Labute approximate surface area is 230 Å². The van der Waals surface area contributed by atoms with Crippen LogP contribution in [0.15, 0.2) is 12.2 Å². The number of carboxylic acids is 1. The van der Waals surface area contributed by atoms with E-state index in [1.165, 1.54) is 96.3 Å². The standard InChI is InChI=1S/C33H62O4/c1-3-5-7-8-9-10-11-12-16-19-22-26-30-33(36)37-31(27-23-6-4-2)28-24-20-17-14-13-15-18-21-25-29-32(34)35/h8-9,31H,3-7,10-30H2,1-2H3,(H,34,35)/b9-8-. The highest BCUT2D eigenvalue weighted by molar-refractivity contribution is 5.69. The lowest BCUT2D eigenvalue weighted by Gasteiger charge is -2.18. The summed E-state index contributed by atoms with van der Waals surface area (Å²) < 4.78 is 5.91. The van der Waals surface area contributed by atoms with Gasteiger partial charge in [-0.3, -0.25) is 9.59 Å². The fourth-order valence-corrected chi connectivity index (χ4v) is 4.81. The molecule has 0 rings (SSSR count). The second-order valence-electron chi connectivity index (χ2n) is 11.0. The molecule has 1 N–H and O–H groups in total. The van der Waals surface area contributed by atoms with Gasteiger partial charge in [0.25, 0.3) is 0 Å². The molecule has 0 aromatic heterocycles. The zero-order valence-electron chi connectivity index (χ0n) is 24.8. The van der Waals surface area contributed by atoms with Gasteiger partial charge in [-0.25, -0.2) is 0 Å². The van der Waals surface area contributed by atoms with E-state index in [4.69, 9.17) is 9.84 Å². The fourth-order valence-electron chi connectivity index (χ4n) is 4.81. The third-order valence-corrected chi connectivity index (χ3v) is 7.24. The number of hydrogen-bond acceptors (Lipinski definition) is 3. The summed E-state index contributed by atoms with van der Waals surface area (Å²) in [6.07, 6.45) is 33.9. The van der Waals surface area contributed by atoms with Crippen LogP contribution < -0.4 is 0 Å². The van der Waals surface area contributed by atoms with E-state index in [2.05, 4.69) is 26.0 Å². The van der Waals surface area contributed by atoms with Gasteiger partial charge in [0.05, 0.1) is 0 Å². The smallest absolute Gasteiger partial charge is 0.306 e. The topological polar surface area (TPSA) is 63.6 Å². The van der Waals surface area contributed by atoms with E-state index in [-0.39, 0.29) is 12.1 Å². The average Bonchev–Trinajstić information content (AvgIpc) is 2.87. The molecule has 4 heteroatoms. The lowest BCUT2D eigenvalue weighted by atomic mass is 10.0. The zero-order valence-corrected chi connectivity index (χ0v) is 24.8. The van der Waals surface area contributed by atoms with E-state index in [9.17, 15) is 9.59 Å². The van der Waals surface area contributed by atoms with E-state index in [0.29, 0.717) is 12.8 Å². The lowest BCUT2D eigenvalue weighted by molar-refractivity contribution is -0.150. The maximum absolute atomic E-state index is 12.4. The van der Waals surface area contributed by atoms with Crippen molar-refractivity contribution in [1.82, 2.24) is 0 Å². The normalized spacial score (nSPS) is 12.3. The van der Waals surface area contributed by atoms with E-state index in [1.807, 2.05) is 0 Å². The minimum absolute atomic E-state index is 0.0154. The van der Waals surface area contributed by atoms with Crippen molar-refractivity contribution in [2.45, 2.75) is 187 Å². The number of ether oxygens (including phenoxy) is 1. The highest BCUT2D eigenvalue weighted by Crippen LogP contribution is 2.18. The Balaban J connectivity index is 3.79. The number of carbonyl (C=O) groups excluding carboxylic acids is 1. The third-order valence-electron chi connectivity index (χ3n) is 7.24. The molecule has 4 nitrogen and oxygen atoms in total. The first-order chi connectivity index (χ1) is 18.1. The zero-order chi connectivity index (χ0) is 27.2. The van der Waals surface area contributed by atoms with Crippen molar-refractivity contribution in [1.29, 1.82) is 0 Å². The Morgan fingerprint density at radius 3 is 1.54 bits per heavy atom. The minimum Gasteiger partial charge on any atom is -0.481 e. The minimum atomic E-state index is -0.679. The van der Waals surface area contributed by atoms with Gasteiger partial charge in [-0.1, -0.05) is 122 Å². The summed E-state index contributed by atoms with van der Waals surface area (Å²) in [6.45, 7) is 4.46. The maximum atomic E-state index is 12.4. The number of rotatable bonds is 29. The summed E-state index contributed by atoms with van der Waals surface area (Å²) in [5, 5.41) is 8.67. The van der Waals surface area contributed by atoms with E-state index in [0.717, 1.165) is 57.8 Å². The van der Waals surface area contributed by atoms with Gasteiger partial charge in [-0.15, -0.1) is 0 Å². The number of carboxylic acid groups (broad SMARTS) is 1.